The number of ether oxygens (including phenoxy) is 1. The van der Waals surface area contributed by atoms with Gasteiger partial charge in [-0.1, -0.05) is 0 Å². The largest absolute Gasteiger partial charge is 0.497 e. The van der Waals surface area contributed by atoms with E-state index in [1.54, 1.807) is 37.0 Å². The fourth-order valence-corrected chi connectivity index (χ4v) is 3.59. The highest BCUT2D eigenvalue weighted by Crippen LogP contribution is 2.21. The number of rotatable bonds is 5. The molecule has 4 rings (SSSR count). The Balaban J connectivity index is 1.39. The van der Waals surface area contributed by atoms with Crippen LogP contribution in [0.4, 0.5) is 10.2 Å². The van der Waals surface area contributed by atoms with Crippen molar-refractivity contribution in [2.24, 2.45) is 0 Å². The molecule has 1 saturated heterocycles. The number of methoxy groups -OCH3 is 1. The number of hydrogen-bond donors (Lipinski definition) is 0. The van der Waals surface area contributed by atoms with Gasteiger partial charge < -0.3 is 14.5 Å². The molecule has 0 bridgehead atoms. The highest BCUT2D eigenvalue weighted by Gasteiger charge is 2.23. The van der Waals surface area contributed by atoms with Gasteiger partial charge in [0.2, 0.25) is 5.91 Å². The van der Waals surface area contributed by atoms with E-state index in [0.29, 0.717) is 43.4 Å². The summed E-state index contributed by atoms with van der Waals surface area (Å²) < 4.78 is 20.4. The zero-order valence-corrected chi connectivity index (χ0v) is 17.9. The van der Waals surface area contributed by atoms with Gasteiger partial charge in [0.25, 0.3) is 0 Å². The number of hydrogen-bond acceptors (Lipinski definition) is 6. The molecule has 1 aliphatic heterocycles. The van der Waals surface area contributed by atoms with Crippen LogP contribution in [0.25, 0.3) is 11.4 Å². The average molecular weight is 424 g/mol. The van der Waals surface area contributed by atoms with E-state index in [-0.39, 0.29) is 18.3 Å². The number of piperazine rings is 1. The third-order valence-corrected chi connectivity index (χ3v) is 5.47. The van der Waals surface area contributed by atoms with Gasteiger partial charge in [-0.25, -0.2) is 19.0 Å². The first-order valence-corrected chi connectivity index (χ1v) is 10.2. The molecule has 9 heteroatoms. The number of anilines is 1. The van der Waals surface area contributed by atoms with Crippen molar-refractivity contribution in [3.8, 4) is 17.1 Å². The summed E-state index contributed by atoms with van der Waals surface area (Å²) in [7, 11) is 1.63. The van der Waals surface area contributed by atoms with Crippen LogP contribution in [0.5, 0.6) is 5.75 Å². The maximum absolute atomic E-state index is 13.5. The first-order chi connectivity index (χ1) is 14.9. The van der Waals surface area contributed by atoms with Gasteiger partial charge in [0.1, 0.15) is 29.8 Å². The van der Waals surface area contributed by atoms with E-state index in [1.807, 2.05) is 24.0 Å². The Labute approximate surface area is 180 Å². The number of aryl methyl sites for hydroxylation is 2. The van der Waals surface area contributed by atoms with E-state index in [0.717, 1.165) is 17.1 Å². The molecule has 0 atom stereocenters. The Kier molecular flexibility index (Phi) is 5.83. The zero-order valence-electron chi connectivity index (χ0n) is 17.9. The van der Waals surface area contributed by atoms with Crippen molar-refractivity contribution in [1.29, 1.82) is 0 Å². The predicted molar refractivity (Wildman–Crippen MR) is 114 cm³/mol. The van der Waals surface area contributed by atoms with Crippen LogP contribution in [0, 0.1) is 19.7 Å². The lowest BCUT2D eigenvalue weighted by atomic mass is 10.1. The standard InChI is InChI=1S/C22H25FN6O2/c1-15-12-17(4-5-19(15)23)22-25-16(2)29(26-22)14-21(30)28-10-8-27(9-11-28)20-13-18(31-3)6-7-24-20/h4-7,12-13H,8-11,14H2,1-3H3. The van der Waals surface area contributed by atoms with Gasteiger partial charge in [0, 0.05) is 44.0 Å². The summed E-state index contributed by atoms with van der Waals surface area (Å²) in [5.74, 6) is 2.47. The Morgan fingerprint density at radius 3 is 2.61 bits per heavy atom. The van der Waals surface area contributed by atoms with E-state index in [1.165, 1.54) is 6.07 Å². The van der Waals surface area contributed by atoms with Gasteiger partial charge in [-0.2, -0.15) is 5.10 Å². The van der Waals surface area contributed by atoms with Crippen LogP contribution in [0.15, 0.2) is 36.5 Å². The van der Waals surface area contributed by atoms with Gasteiger partial charge in [-0.15, -0.1) is 0 Å². The molecule has 0 spiro atoms. The number of aromatic nitrogens is 4. The summed E-state index contributed by atoms with van der Waals surface area (Å²) in [5.41, 5.74) is 1.26. The highest BCUT2D eigenvalue weighted by molar-refractivity contribution is 5.76. The molecule has 8 nitrogen and oxygen atoms in total. The van der Waals surface area contributed by atoms with Crippen LogP contribution in [0.1, 0.15) is 11.4 Å². The molecule has 0 aliphatic carbocycles. The molecule has 1 aromatic carbocycles. The summed E-state index contributed by atoms with van der Waals surface area (Å²) >= 11 is 0. The molecule has 162 valence electrons. The normalized spacial score (nSPS) is 14.1. The maximum Gasteiger partial charge on any atom is 0.244 e. The van der Waals surface area contributed by atoms with Crippen molar-refractivity contribution in [2.75, 3.05) is 38.2 Å². The number of halogens is 1. The number of amides is 1. The highest BCUT2D eigenvalue weighted by atomic mass is 19.1. The second-order valence-corrected chi connectivity index (χ2v) is 7.53. The summed E-state index contributed by atoms with van der Waals surface area (Å²) in [5, 5.41) is 4.47. The van der Waals surface area contributed by atoms with Gasteiger partial charge in [-0.3, -0.25) is 4.79 Å². The second-order valence-electron chi connectivity index (χ2n) is 7.53. The molecule has 0 N–H and O–H groups in total. The predicted octanol–water partition coefficient (Wildman–Crippen LogP) is 2.45. The van der Waals surface area contributed by atoms with E-state index >= 15 is 0 Å². The maximum atomic E-state index is 13.5. The topological polar surface area (TPSA) is 76.4 Å². The van der Waals surface area contributed by atoms with Crippen LogP contribution < -0.4 is 9.64 Å². The smallest absolute Gasteiger partial charge is 0.244 e. The molecule has 1 amide bonds. The zero-order chi connectivity index (χ0) is 22.0. The van der Waals surface area contributed by atoms with E-state index in [2.05, 4.69) is 20.0 Å². The monoisotopic (exact) mass is 424 g/mol. The van der Waals surface area contributed by atoms with Crippen molar-refractivity contribution >= 4 is 11.7 Å². The first kappa shape index (κ1) is 20.8. The van der Waals surface area contributed by atoms with Crippen molar-refractivity contribution < 1.29 is 13.9 Å². The van der Waals surface area contributed by atoms with E-state index in [9.17, 15) is 9.18 Å². The quantitative estimate of drug-likeness (QED) is 0.626. The lowest BCUT2D eigenvalue weighted by Crippen LogP contribution is -2.50. The molecular formula is C22H25FN6O2. The molecule has 3 aromatic rings. The van der Waals surface area contributed by atoms with Gasteiger partial charge >= 0.3 is 0 Å². The molecule has 1 fully saturated rings. The molecule has 3 heterocycles. The number of carbonyl (C=O) groups excluding carboxylic acids is 1. The van der Waals surface area contributed by atoms with E-state index in [4.69, 9.17) is 4.74 Å². The fraction of sp³-hybridized carbons (Fsp3) is 0.364. The molecule has 1 aliphatic rings. The van der Waals surface area contributed by atoms with Gasteiger partial charge in [-0.05, 0) is 43.7 Å². The molecule has 31 heavy (non-hydrogen) atoms. The lowest BCUT2D eigenvalue weighted by molar-refractivity contribution is -0.132. The minimum atomic E-state index is -0.265. The summed E-state index contributed by atoms with van der Waals surface area (Å²) in [6, 6.07) is 8.47. The van der Waals surface area contributed by atoms with Crippen molar-refractivity contribution in [3.05, 3.63) is 53.7 Å². The van der Waals surface area contributed by atoms with E-state index < -0.39 is 0 Å². The van der Waals surface area contributed by atoms with Gasteiger partial charge in [0.15, 0.2) is 5.82 Å². The fourth-order valence-electron chi connectivity index (χ4n) is 3.59. The summed E-state index contributed by atoms with van der Waals surface area (Å²) in [4.78, 5) is 25.7. The molecule has 2 aromatic heterocycles. The number of benzene rings is 1. The Hall–Kier alpha value is -3.49. The van der Waals surface area contributed by atoms with Crippen LogP contribution in [0.3, 0.4) is 0 Å². The van der Waals surface area contributed by atoms with Crippen LogP contribution in [-0.4, -0.2) is 63.8 Å². The third kappa shape index (κ3) is 4.50. The van der Waals surface area contributed by atoms with Crippen molar-refractivity contribution in [3.63, 3.8) is 0 Å². The third-order valence-electron chi connectivity index (χ3n) is 5.47. The molecule has 0 saturated carbocycles. The van der Waals surface area contributed by atoms with Crippen LogP contribution in [-0.2, 0) is 11.3 Å². The Morgan fingerprint density at radius 1 is 1.13 bits per heavy atom. The molecule has 0 unspecified atom stereocenters. The average Bonchev–Trinajstić information content (AvgIpc) is 3.15. The summed E-state index contributed by atoms with van der Waals surface area (Å²) in [6.07, 6.45) is 1.72. The first-order valence-electron chi connectivity index (χ1n) is 10.2. The lowest BCUT2D eigenvalue weighted by Gasteiger charge is -2.35. The second kappa shape index (κ2) is 8.71. The van der Waals surface area contributed by atoms with Crippen LogP contribution >= 0.6 is 0 Å². The minimum Gasteiger partial charge on any atom is -0.497 e. The summed E-state index contributed by atoms with van der Waals surface area (Å²) in [6.45, 7) is 6.24. The van der Waals surface area contributed by atoms with Gasteiger partial charge in [0.05, 0.1) is 7.11 Å². The van der Waals surface area contributed by atoms with Crippen molar-refractivity contribution in [1.82, 2.24) is 24.6 Å². The number of pyridine rings is 1. The SMILES string of the molecule is COc1ccnc(N2CCN(C(=O)Cn3nc(-c4ccc(F)c(C)c4)nc3C)CC2)c1. The molecule has 0 radical (unpaired) electrons. The minimum absolute atomic E-state index is 0.00640. The molecular weight excluding hydrogens is 399 g/mol. The Morgan fingerprint density at radius 2 is 1.90 bits per heavy atom. The number of carbonyl (C=O) groups is 1. The van der Waals surface area contributed by atoms with Crippen LogP contribution in [0.2, 0.25) is 0 Å². The Bertz CT molecular complexity index is 1090. The number of nitrogens with zero attached hydrogens (tertiary/aromatic N) is 6. The van der Waals surface area contributed by atoms with Crippen molar-refractivity contribution in [2.45, 2.75) is 20.4 Å².